The van der Waals surface area contributed by atoms with E-state index in [4.69, 9.17) is 4.42 Å². The number of nitrogens with one attached hydrogen (secondary N) is 1. The molecule has 0 unspecified atom stereocenters. The summed E-state index contributed by atoms with van der Waals surface area (Å²) in [5.41, 5.74) is 4.94. The SMILES string of the molecule is Cc1ccc(C)c(-c2nc(NC(=O)c3ccoc3C)sc2C)c1. The first-order valence-electron chi connectivity index (χ1n) is 7.36. The van der Waals surface area contributed by atoms with Crippen molar-refractivity contribution < 1.29 is 9.21 Å². The molecule has 3 aromatic rings. The molecular weight excluding hydrogens is 308 g/mol. The predicted octanol–water partition coefficient (Wildman–Crippen LogP) is 4.89. The molecular formula is C18H18N2O2S. The number of carbonyl (C=O) groups excluding carboxylic acids is 1. The first-order chi connectivity index (χ1) is 11.0. The van der Waals surface area contributed by atoms with Crippen LogP contribution in [0.25, 0.3) is 11.3 Å². The molecule has 2 aromatic heterocycles. The van der Waals surface area contributed by atoms with Gasteiger partial charge in [0.25, 0.3) is 5.91 Å². The summed E-state index contributed by atoms with van der Waals surface area (Å²) < 4.78 is 5.17. The number of rotatable bonds is 3. The number of anilines is 1. The Morgan fingerprint density at radius 3 is 2.65 bits per heavy atom. The van der Waals surface area contributed by atoms with Crippen molar-refractivity contribution in [1.82, 2.24) is 4.98 Å². The van der Waals surface area contributed by atoms with Crippen LogP contribution < -0.4 is 5.32 Å². The Bertz CT molecular complexity index is 877. The van der Waals surface area contributed by atoms with Crippen LogP contribution in [0.5, 0.6) is 0 Å². The zero-order chi connectivity index (χ0) is 16.6. The number of aromatic nitrogens is 1. The van der Waals surface area contributed by atoms with Gasteiger partial charge in [-0.1, -0.05) is 17.7 Å². The Balaban J connectivity index is 1.91. The van der Waals surface area contributed by atoms with E-state index in [1.165, 1.54) is 28.7 Å². The molecule has 0 aliphatic carbocycles. The Labute approximate surface area is 139 Å². The van der Waals surface area contributed by atoms with Gasteiger partial charge in [-0.15, -0.1) is 11.3 Å². The summed E-state index contributed by atoms with van der Waals surface area (Å²) in [7, 11) is 0. The molecule has 118 valence electrons. The molecule has 1 aromatic carbocycles. The lowest BCUT2D eigenvalue weighted by atomic mass is 10.0. The van der Waals surface area contributed by atoms with Gasteiger partial charge in [-0.05, 0) is 45.4 Å². The van der Waals surface area contributed by atoms with Gasteiger partial charge < -0.3 is 4.42 Å². The van der Waals surface area contributed by atoms with Gasteiger partial charge in [-0.2, -0.15) is 0 Å². The third-order valence-electron chi connectivity index (χ3n) is 3.77. The Kier molecular flexibility index (Phi) is 4.05. The average molecular weight is 326 g/mol. The second kappa shape index (κ2) is 6.01. The maximum atomic E-state index is 12.3. The van der Waals surface area contributed by atoms with Crippen molar-refractivity contribution in [3.63, 3.8) is 0 Å². The maximum absolute atomic E-state index is 12.3. The van der Waals surface area contributed by atoms with Crippen LogP contribution >= 0.6 is 11.3 Å². The molecule has 1 N–H and O–H groups in total. The third kappa shape index (κ3) is 3.05. The monoisotopic (exact) mass is 326 g/mol. The Hall–Kier alpha value is -2.40. The van der Waals surface area contributed by atoms with E-state index in [-0.39, 0.29) is 5.91 Å². The number of hydrogen-bond acceptors (Lipinski definition) is 4. The standard InChI is InChI=1S/C18H18N2O2S/c1-10-5-6-11(2)15(9-10)16-13(4)23-18(19-16)20-17(21)14-7-8-22-12(14)3/h5-9H,1-4H3,(H,19,20,21). The van der Waals surface area contributed by atoms with E-state index in [1.54, 1.807) is 13.0 Å². The van der Waals surface area contributed by atoms with Gasteiger partial charge in [0.05, 0.1) is 17.5 Å². The molecule has 0 aliphatic rings. The molecule has 0 spiro atoms. The molecule has 0 saturated carbocycles. The van der Waals surface area contributed by atoms with Crippen LogP contribution in [0.4, 0.5) is 5.13 Å². The summed E-state index contributed by atoms with van der Waals surface area (Å²) in [6.45, 7) is 7.92. The number of carbonyl (C=O) groups is 1. The summed E-state index contributed by atoms with van der Waals surface area (Å²) in [6, 6.07) is 7.97. The largest absolute Gasteiger partial charge is 0.469 e. The predicted molar refractivity (Wildman–Crippen MR) is 93.2 cm³/mol. The molecule has 23 heavy (non-hydrogen) atoms. The maximum Gasteiger partial charge on any atom is 0.260 e. The highest BCUT2D eigenvalue weighted by Gasteiger charge is 2.16. The molecule has 0 atom stereocenters. The molecule has 0 aliphatic heterocycles. The van der Waals surface area contributed by atoms with Crippen molar-refractivity contribution in [2.75, 3.05) is 5.32 Å². The zero-order valence-corrected chi connectivity index (χ0v) is 14.4. The van der Waals surface area contributed by atoms with Crippen molar-refractivity contribution in [2.45, 2.75) is 27.7 Å². The van der Waals surface area contributed by atoms with Crippen LogP contribution in [-0.4, -0.2) is 10.9 Å². The lowest BCUT2D eigenvalue weighted by molar-refractivity contribution is 0.102. The fourth-order valence-corrected chi connectivity index (χ4v) is 3.30. The van der Waals surface area contributed by atoms with Crippen LogP contribution in [0.1, 0.15) is 32.1 Å². The van der Waals surface area contributed by atoms with Gasteiger partial charge in [0, 0.05) is 10.4 Å². The van der Waals surface area contributed by atoms with E-state index < -0.39 is 0 Å². The number of hydrogen-bond donors (Lipinski definition) is 1. The number of furan rings is 1. The second-order valence-corrected chi connectivity index (χ2v) is 6.79. The van der Waals surface area contributed by atoms with Crippen molar-refractivity contribution >= 4 is 22.4 Å². The fourth-order valence-electron chi connectivity index (χ4n) is 2.48. The molecule has 1 amide bonds. The van der Waals surface area contributed by atoms with Gasteiger partial charge in [0.15, 0.2) is 5.13 Å². The number of nitrogens with zero attached hydrogens (tertiary/aromatic N) is 1. The molecule has 3 rings (SSSR count). The van der Waals surface area contributed by atoms with E-state index in [2.05, 4.69) is 42.3 Å². The lowest BCUT2D eigenvalue weighted by Crippen LogP contribution is -2.11. The highest BCUT2D eigenvalue weighted by Crippen LogP contribution is 2.33. The first kappa shape index (κ1) is 15.5. The smallest absolute Gasteiger partial charge is 0.260 e. The highest BCUT2D eigenvalue weighted by molar-refractivity contribution is 7.16. The zero-order valence-electron chi connectivity index (χ0n) is 13.6. The van der Waals surface area contributed by atoms with Gasteiger partial charge >= 0.3 is 0 Å². The quantitative estimate of drug-likeness (QED) is 0.745. The summed E-state index contributed by atoms with van der Waals surface area (Å²) in [5, 5.41) is 3.46. The summed E-state index contributed by atoms with van der Waals surface area (Å²) >= 11 is 1.48. The van der Waals surface area contributed by atoms with Crippen molar-refractivity contribution in [1.29, 1.82) is 0 Å². The van der Waals surface area contributed by atoms with Crippen molar-refractivity contribution in [3.8, 4) is 11.3 Å². The van der Waals surface area contributed by atoms with E-state index in [0.29, 0.717) is 16.5 Å². The number of thiazole rings is 1. The van der Waals surface area contributed by atoms with E-state index in [0.717, 1.165) is 16.1 Å². The lowest BCUT2D eigenvalue weighted by Gasteiger charge is -2.05. The average Bonchev–Trinajstić information content (AvgIpc) is 3.07. The van der Waals surface area contributed by atoms with E-state index >= 15 is 0 Å². The molecule has 0 radical (unpaired) electrons. The van der Waals surface area contributed by atoms with Crippen molar-refractivity contribution in [2.24, 2.45) is 0 Å². The number of aryl methyl sites for hydroxylation is 4. The van der Waals surface area contributed by atoms with Gasteiger partial charge in [-0.3, -0.25) is 10.1 Å². The molecule has 0 saturated heterocycles. The van der Waals surface area contributed by atoms with Gasteiger partial charge in [-0.25, -0.2) is 4.98 Å². The van der Waals surface area contributed by atoms with Gasteiger partial charge in [0.1, 0.15) is 5.76 Å². The molecule has 2 heterocycles. The fraction of sp³-hybridized carbons (Fsp3) is 0.222. The van der Waals surface area contributed by atoms with Crippen LogP contribution in [0.2, 0.25) is 0 Å². The molecule has 0 fully saturated rings. The highest BCUT2D eigenvalue weighted by atomic mass is 32.1. The van der Waals surface area contributed by atoms with Crippen molar-refractivity contribution in [3.05, 3.63) is 57.9 Å². The van der Waals surface area contributed by atoms with Crippen LogP contribution in [0.3, 0.4) is 0 Å². The Morgan fingerprint density at radius 1 is 1.17 bits per heavy atom. The topological polar surface area (TPSA) is 55.1 Å². The summed E-state index contributed by atoms with van der Waals surface area (Å²) in [5.74, 6) is 0.406. The third-order valence-corrected chi connectivity index (χ3v) is 4.65. The molecule has 0 bridgehead atoms. The summed E-state index contributed by atoms with van der Waals surface area (Å²) in [6.07, 6.45) is 1.51. The van der Waals surface area contributed by atoms with Crippen LogP contribution in [0, 0.1) is 27.7 Å². The molecule has 4 nitrogen and oxygen atoms in total. The molecule has 5 heteroatoms. The van der Waals surface area contributed by atoms with Crippen LogP contribution in [0.15, 0.2) is 34.9 Å². The minimum atomic E-state index is -0.197. The van der Waals surface area contributed by atoms with E-state index in [1.807, 2.05) is 6.92 Å². The summed E-state index contributed by atoms with van der Waals surface area (Å²) in [4.78, 5) is 18.0. The minimum Gasteiger partial charge on any atom is -0.469 e. The first-order valence-corrected chi connectivity index (χ1v) is 8.18. The second-order valence-electron chi connectivity index (χ2n) is 5.59. The minimum absolute atomic E-state index is 0.197. The van der Waals surface area contributed by atoms with Gasteiger partial charge in [0.2, 0.25) is 0 Å². The van der Waals surface area contributed by atoms with E-state index in [9.17, 15) is 4.79 Å². The normalized spacial score (nSPS) is 10.8. The number of benzene rings is 1. The number of amides is 1. The Morgan fingerprint density at radius 2 is 1.96 bits per heavy atom. The van der Waals surface area contributed by atoms with Crippen LogP contribution in [-0.2, 0) is 0 Å².